The summed E-state index contributed by atoms with van der Waals surface area (Å²) in [7, 11) is 2.20. The molecule has 3 aromatic rings. The van der Waals surface area contributed by atoms with Crippen LogP contribution in [0.1, 0.15) is 86.7 Å². The number of fused-ring (bicyclic) bond motifs is 2. The Balaban J connectivity index is 0.688. The van der Waals surface area contributed by atoms with E-state index in [1.54, 1.807) is 16.1 Å². The van der Waals surface area contributed by atoms with E-state index in [4.69, 9.17) is 0 Å². The Kier molecular flexibility index (Phi) is 11.9. The number of nitrogens with one attached hydrogen (secondary N) is 3. The quantitative estimate of drug-likeness (QED) is 0.235. The van der Waals surface area contributed by atoms with Crippen molar-refractivity contribution in [3.05, 3.63) is 71.1 Å². The van der Waals surface area contributed by atoms with Crippen molar-refractivity contribution in [1.82, 2.24) is 35.3 Å². The molecule has 1 saturated carbocycles. The standard InChI is InChI=1S/C49H63F2N11O4/c1-48(2)9-14-58(15-10-48)24-33-21-38(51)41(22-37(33)50)61-28-45(64)56-49(29-61)11-16-59(17-12-49)43-23-42(53-30-54-43)52-13-18-57(3)34-19-31-25-60(26-32(31)20-34)39-6-4-5-35-36(39)27-62(47(35)66)40-7-8-44(63)55-46(40)65/h4-6,21-23,30-32,34,40H,7-20,24-29H2,1-3H3,(H,56,64)(H,52,53,54)(H,55,63,65)/t31-,32+,34-,40?. The third kappa shape index (κ3) is 8.92. The summed E-state index contributed by atoms with van der Waals surface area (Å²) in [6.45, 7) is 12.1. The van der Waals surface area contributed by atoms with E-state index in [1.165, 1.54) is 12.1 Å². The van der Waals surface area contributed by atoms with Gasteiger partial charge in [0.25, 0.3) is 5.91 Å². The van der Waals surface area contributed by atoms with Crippen molar-refractivity contribution >= 4 is 46.6 Å². The zero-order chi connectivity index (χ0) is 45.9. The van der Waals surface area contributed by atoms with Crippen LogP contribution in [-0.2, 0) is 27.5 Å². The number of halogens is 2. The Morgan fingerprint density at radius 1 is 0.848 bits per heavy atom. The number of rotatable bonds is 11. The average molecular weight is 908 g/mol. The maximum atomic E-state index is 15.7. The van der Waals surface area contributed by atoms with Crippen LogP contribution < -0.4 is 30.7 Å². The van der Waals surface area contributed by atoms with Crippen LogP contribution in [0.15, 0.2) is 42.7 Å². The van der Waals surface area contributed by atoms with Gasteiger partial charge in [0.2, 0.25) is 17.7 Å². The lowest BCUT2D eigenvalue weighted by molar-refractivity contribution is -0.137. The van der Waals surface area contributed by atoms with Gasteiger partial charge in [0.05, 0.1) is 17.8 Å². The molecule has 7 aliphatic rings. The van der Waals surface area contributed by atoms with E-state index in [1.807, 2.05) is 18.2 Å². The van der Waals surface area contributed by atoms with E-state index < -0.39 is 23.2 Å². The monoisotopic (exact) mass is 908 g/mol. The second kappa shape index (κ2) is 17.7. The van der Waals surface area contributed by atoms with Gasteiger partial charge < -0.3 is 35.1 Å². The molecule has 2 aromatic carbocycles. The molecule has 1 aromatic heterocycles. The number of piperazine rings is 1. The minimum atomic E-state index is -0.623. The Hall–Kier alpha value is -5.42. The van der Waals surface area contributed by atoms with E-state index >= 15 is 8.78 Å². The maximum absolute atomic E-state index is 15.7. The molecular formula is C49H63F2N11O4. The predicted octanol–water partition coefficient (Wildman–Crippen LogP) is 4.37. The van der Waals surface area contributed by atoms with Gasteiger partial charge in [0.1, 0.15) is 35.6 Å². The number of likely N-dealkylation sites (N-methyl/N-ethyl adjacent to an activating group) is 1. The zero-order valence-electron chi connectivity index (χ0n) is 38.5. The number of benzene rings is 2. The van der Waals surface area contributed by atoms with Crippen molar-refractivity contribution in [3.63, 3.8) is 0 Å². The van der Waals surface area contributed by atoms with Gasteiger partial charge in [0.15, 0.2) is 0 Å². The summed E-state index contributed by atoms with van der Waals surface area (Å²) in [4.78, 5) is 72.6. The van der Waals surface area contributed by atoms with Crippen LogP contribution in [0.2, 0.25) is 0 Å². The lowest BCUT2D eigenvalue weighted by Crippen LogP contribution is -2.66. The molecule has 1 spiro atoms. The molecule has 17 heteroatoms. The summed E-state index contributed by atoms with van der Waals surface area (Å²) in [6.07, 6.45) is 7.72. The molecule has 66 heavy (non-hydrogen) atoms. The summed E-state index contributed by atoms with van der Waals surface area (Å²) < 4.78 is 31.2. The number of likely N-dealkylation sites (tertiary alicyclic amines) is 1. The largest absolute Gasteiger partial charge is 0.371 e. The van der Waals surface area contributed by atoms with Gasteiger partial charge in [-0.05, 0) is 101 Å². The Labute approximate surface area is 385 Å². The molecule has 1 unspecified atom stereocenters. The van der Waals surface area contributed by atoms with Crippen LogP contribution >= 0.6 is 0 Å². The number of anilines is 4. The molecule has 10 rings (SSSR count). The molecule has 6 aliphatic heterocycles. The van der Waals surface area contributed by atoms with Crippen LogP contribution in [0.5, 0.6) is 0 Å². The topological polar surface area (TPSA) is 150 Å². The van der Waals surface area contributed by atoms with Crippen LogP contribution in [0, 0.1) is 28.9 Å². The smallest absolute Gasteiger partial charge is 0.255 e. The van der Waals surface area contributed by atoms with Crippen LogP contribution in [0.4, 0.5) is 31.8 Å². The molecule has 4 atom stereocenters. The first-order valence-corrected chi connectivity index (χ1v) is 24.0. The number of carbonyl (C=O) groups excluding carboxylic acids is 4. The van der Waals surface area contributed by atoms with E-state index in [0.29, 0.717) is 81.0 Å². The zero-order valence-corrected chi connectivity index (χ0v) is 38.5. The van der Waals surface area contributed by atoms with Crippen molar-refractivity contribution in [2.75, 3.05) is 92.5 Å². The minimum absolute atomic E-state index is 0.0190. The molecule has 0 bridgehead atoms. The van der Waals surface area contributed by atoms with Gasteiger partial charge >= 0.3 is 0 Å². The van der Waals surface area contributed by atoms with Crippen LogP contribution in [0.25, 0.3) is 0 Å². The highest BCUT2D eigenvalue weighted by Gasteiger charge is 2.46. The van der Waals surface area contributed by atoms with Gasteiger partial charge in [-0.1, -0.05) is 19.9 Å². The lowest BCUT2D eigenvalue weighted by Gasteiger charge is -2.48. The normalized spacial score (nSPS) is 26.3. The predicted molar refractivity (Wildman–Crippen MR) is 247 cm³/mol. The van der Waals surface area contributed by atoms with Crippen molar-refractivity contribution in [1.29, 1.82) is 0 Å². The molecule has 6 fully saturated rings. The Bertz CT molecular complexity index is 2370. The summed E-state index contributed by atoms with van der Waals surface area (Å²) in [5.74, 6) is 0.741. The number of piperidine rings is 3. The number of carbonyl (C=O) groups is 4. The van der Waals surface area contributed by atoms with E-state index in [-0.39, 0.29) is 47.7 Å². The first-order chi connectivity index (χ1) is 31.7. The summed E-state index contributed by atoms with van der Waals surface area (Å²) in [5, 5.41) is 9.13. The molecule has 7 heterocycles. The molecule has 4 amide bonds. The third-order valence-corrected chi connectivity index (χ3v) is 16.0. The highest BCUT2D eigenvalue weighted by molar-refractivity contribution is 6.06. The summed E-state index contributed by atoms with van der Waals surface area (Å²) in [6, 6.07) is 10.3. The molecule has 3 N–H and O–H groups in total. The Morgan fingerprint density at radius 2 is 1.61 bits per heavy atom. The number of nitrogens with zero attached hydrogens (tertiary/aromatic N) is 8. The molecule has 5 saturated heterocycles. The number of hydrogen-bond acceptors (Lipinski definition) is 12. The fourth-order valence-electron chi connectivity index (χ4n) is 11.9. The number of aromatic nitrogens is 2. The van der Waals surface area contributed by atoms with Crippen LogP contribution in [-0.4, -0.2) is 138 Å². The van der Waals surface area contributed by atoms with Crippen molar-refractivity contribution in [2.24, 2.45) is 17.3 Å². The summed E-state index contributed by atoms with van der Waals surface area (Å²) in [5.41, 5.74) is 2.92. The lowest BCUT2D eigenvalue weighted by atomic mass is 9.82. The fraction of sp³-hybridized carbons (Fsp3) is 0.592. The average Bonchev–Trinajstić information content (AvgIpc) is 3.98. The van der Waals surface area contributed by atoms with Gasteiger partial charge in [-0.2, -0.15) is 0 Å². The number of amides is 4. The molecule has 1 aliphatic carbocycles. The molecule has 352 valence electrons. The van der Waals surface area contributed by atoms with Crippen molar-refractivity contribution in [2.45, 2.75) is 95.9 Å². The minimum Gasteiger partial charge on any atom is -0.371 e. The second-order valence-corrected chi connectivity index (χ2v) is 20.9. The van der Waals surface area contributed by atoms with E-state index in [2.05, 4.69) is 72.5 Å². The van der Waals surface area contributed by atoms with E-state index in [0.717, 1.165) is 87.8 Å². The first kappa shape index (κ1) is 44.4. The third-order valence-electron chi connectivity index (χ3n) is 16.0. The second-order valence-electron chi connectivity index (χ2n) is 20.9. The van der Waals surface area contributed by atoms with Crippen molar-refractivity contribution in [3.8, 4) is 0 Å². The molecular weight excluding hydrogens is 845 g/mol. The van der Waals surface area contributed by atoms with Gasteiger partial charge in [-0.15, -0.1) is 0 Å². The molecule has 0 radical (unpaired) electrons. The van der Waals surface area contributed by atoms with Crippen molar-refractivity contribution < 1.29 is 28.0 Å². The SMILES string of the molecule is CN(CCNc1cc(N2CCC3(CC2)CN(c2cc(F)c(CN4CCC(C)(C)CC4)cc2F)CC(=O)N3)ncn1)[C@@H]1C[C@@H]2CN(c3cccc4c3CN(C3CCC(=O)NC3=O)C4=O)C[C@@H]2C1. The van der Waals surface area contributed by atoms with Gasteiger partial charge in [-0.25, -0.2) is 18.7 Å². The highest BCUT2D eigenvalue weighted by Crippen LogP contribution is 2.44. The fourth-order valence-corrected chi connectivity index (χ4v) is 11.9. The highest BCUT2D eigenvalue weighted by atomic mass is 19.1. The van der Waals surface area contributed by atoms with Crippen LogP contribution in [0.3, 0.4) is 0 Å². The molecule has 15 nitrogen and oxygen atoms in total. The number of hydrogen-bond donors (Lipinski definition) is 3. The van der Waals surface area contributed by atoms with Gasteiger partial charge in [0, 0.05) is 106 Å². The summed E-state index contributed by atoms with van der Waals surface area (Å²) >= 11 is 0. The van der Waals surface area contributed by atoms with Gasteiger partial charge in [-0.3, -0.25) is 29.4 Å². The van der Waals surface area contributed by atoms with E-state index in [9.17, 15) is 19.2 Å². The first-order valence-electron chi connectivity index (χ1n) is 24.0. The Morgan fingerprint density at radius 3 is 2.35 bits per heavy atom. The number of imide groups is 1. The maximum Gasteiger partial charge on any atom is 0.255 e.